The van der Waals surface area contributed by atoms with Crippen molar-refractivity contribution in [1.29, 1.82) is 0 Å². The zero-order valence-electron chi connectivity index (χ0n) is 11.4. The fourth-order valence-electron chi connectivity index (χ4n) is 1.83. The summed E-state index contributed by atoms with van der Waals surface area (Å²) < 4.78 is 13.2. The monoisotopic (exact) mass is 259 g/mol. The number of aromatic nitrogens is 1. The molecule has 3 nitrogen and oxygen atoms in total. The second-order valence-electron chi connectivity index (χ2n) is 4.49. The van der Waals surface area contributed by atoms with Gasteiger partial charge in [0, 0.05) is 18.8 Å². The summed E-state index contributed by atoms with van der Waals surface area (Å²) in [6, 6.07) is 10.7. The molecule has 0 spiro atoms. The van der Waals surface area contributed by atoms with E-state index in [-0.39, 0.29) is 11.9 Å². The van der Waals surface area contributed by atoms with E-state index in [0.717, 1.165) is 17.1 Å². The molecule has 1 aromatic carbocycles. The summed E-state index contributed by atoms with van der Waals surface area (Å²) >= 11 is 0. The van der Waals surface area contributed by atoms with Gasteiger partial charge < -0.3 is 10.2 Å². The van der Waals surface area contributed by atoms with E-state index in [2.05, 4.69) is 17.2 Å². The van der Waals surface area contributed by atoms with E-state index >= 15 is 0 Å². The molecule has 0 aliphatic rings. The summed E-state index contributed by atoms with van der Waals surface area (Å²) in [7, 11) is 3.80. The Labute approximate surface area is 113 Å². The molecule has 0 aliphatic carbocycles. The van der Waals surface area contributed by atoms with Crippen molar-refractivity contribution in [3.8, 4) is 0 Å². The maximum atomic E-state index is 13.2. The van der Waals surface area contributed by atoms with E-state index in [9.17, 15) is 4.39 Å². The Morgan fingerprint density at radius 3 is 2.58 bits per heavy atom. The van der Waals surface area contributed by atoms with Crippen LogP contribution in [0.1, 0.15) is 18.7 Å². The van der Waals surface area contributed by atoms with Gasteiger partial charge in [-0.2, -0.15) is 0 Å². The van der Waals surface area contributed by atoms with Gasteiger partial charge in [-0.3, -0.25) is 4.98 Å². The quantitative estimate of drug-likeness (QED) is 0.913. The standard InChI is InChI=1S/C15H18FN3/c1-11(17-2)15-8-7-14(10-18-15)19(3)13-6-4-5-12(16)9-13/h4-11,17H,1-3H3. The van der Waals surface area contributed by atoms with E-state index in [0.29, 0.717) is 0 Å². The van der Waals surface area contributed by atoms with Crippen LogP contribution in [0.5, 0.6) is 0 Å². The van der Waals surface area contributed by atoms with Gasteiger partial charge in [0.15, 0.2) is 0 Å². The van der Waals surface area contributed by atoms with Gasteiger partial charge in [0.05, 0.1) is 17.6 Å². The Morgan fingerprint density at radius 1 is 1.21 bits per heavy atom. The Kier molecular flexibility index (Phi) is 4.12. The molecule has 0 saturated carbocycles. The molecular formula is C15H18FN3. The number of nitrogens with zero attached hydrogens (tertiary/aromatic N) is 2. The summed E-state index contributed by atoms with van der Waals surface area (Å²) in [6.45, 7) is 2.05. The molecule has 0 aliphatic heterocycles. The van der Waals surface area contributed by atoms with E-state index < -0.39 is 0 Å². The maximum absolute atomic E-state index is 13.2. The van der Waals surface area contributed by atoms with Gasteiger partial charge in [-0.05, 0) is 44.3 Å². The molecule has 19 heavy (non-hydrogen) atoms. The fraction of sp³-hybridized carbons (Fsp3) is 0.267. The number of pyridine rings is 1. The molecule has 0 saturated heterocycles. The molecule has 0 amide bonds. The SMILES string of the molecule is CNC(C)c1ccc(N(C)c2cccc(F)c2)cn1. The van der Waals surface area contributed by atoms with Crippen molar-refractivity contribution in [2.45, 2.75) is 13.0 Å². The van der Waals surface area contributed by atoms with Crippen molar-refractivity contribution < 1.29 is 4.39 Å². The molecule has 0 fully saturated rings. The van der Waals surface area contributed by atoms with Crippen LogP contribution in [0.25, 0.3) is 0 Å². The van der Waals surface area contributed by atoms with Crippen LogP contribution in [-0.2, 0) is 0 Å². The topological polar surface area (TPSA) is 28.2 Å². The number of nitrogens with one attached hydrogen (secondary N) is 1. The summed E-state index contributed by atoms with van der Waals surface area (Å²) in [5, 5.41) is 3.14. The summed E-state index contributed by atoms with van der Waals surface area (Å²) in [4.78, 5) is 6.33. The van der Waals surface area contributed by atoms with Crippen molar-refractivity contribution in [3.63, 3.8) is 0 Å². The number of rotatable bonds is 4. The van der Waals surface area contributed by atoms with E-state index in [4.69, 9.17) is 0 Å². The number of hydrogen-bond acceptors (Lipinski definition) is 3. The van der Waals surface area contributed by atoms with Gasteiger partial charge >= 0.3 is 0 Å². The summed E-state index contributed by atoms with van der Waals surface area (Å²) in [5.41, 5.74) is 2.72. The zero-order valence-corrected chi connectivity index (χ0v) is 11.4. The van der Waals surface area contributed by atoms with Crippen LogP contribution in [0, 0.1) is 5.82 Å². The first kappa shape index (κ1) is 13.5. The Hall–Kier alpha value is -1.94. The maximum Gasteiger partial charge on any atom is 0.125 e. The van der Waals surface area contributed by atoms with Crippen molar-refractivity contribution in [1.82, 2.24) is 10.3 Å². The van der Waals surface area contributed by atoms with Crippen LogP contribution in [0.4, 0.5) is 15.8 Å². The Bertz CT molecular complexity index is 539. The lowest BCUT2D eigenvalue weighted by Gasteiger charge is -2.20. The van der Waals surface area contributed by atoms with Crippen LogP contribution in [0.3, 0.4) is 0 Å². The number of halogens is 1. The van der Waals surface area contributed by atoms with Crippen LogP contribution in [0.2, 0.25) is 0 Å². The van der Waals surface area contributed by atoms with Gasteiger partial charge in [0.1, 0.15) is 5.82 Å². The molecule has 2 aromatic rings. The predicted octanol–water partition coefficient (Wildman–Crippen LogP) is 3.27. The van der Waals surface area contributed by atoms with Gasteiger partial charge in [-0.1, -0.05) is 6.07 Å². The lowest BCUT2D eigenvalue weighted by atomic mass is 10.2. The van der Waals surface area contributed by atoms with Crippen molar-refractivity contribution in [3.05, 3.63) is 54.1 Å². The number of benzene rings is 1. The van der Waals surface area contributed by atoms with E-state index in [1.807, 2.05) is 37.2 Å². The largest absolute Gasteiger partial charge is 0.343 e. The minimum Gasteiger partial charge on any atom is -0.343 e. The van der Waals surface area contributed by atoms with E-state index in [1.54, 1.807) is 12.3 Å². The molecule has 1 atom stereocenters. The first-order valence-electron chi connectivity index (χ1n) is 6.24. The minimum absolute atomic E-state index is 0.216. The van der Waals surface area contributed by atoms with Gasteiger partial charge in [0.2, 0.25) is 0 Å². The smallest absolute Gasteiger partial charge is 0.125 e. The molecule has 100 valence electrons. The average Bonchev–Trinajstić information content (AvgIpc) is 2.46. The number of anilines is 2. The minimum atomic E-state index is -0.238. The second kappa shape index (κ2) is 5.80. The lowest BCUT2D eigenvalue weighted by molar-refractivity contribution is 0.628. The highest BCUT2D eigenvalue weighted by Crippen LogP contribution is 2.24. The highest BCUT2D eigenvalue weighted by Gasteiger charge is 2.07. The lowest BCUT2D eigenvalue weighted by Crippen LogP contribution is -2.15. The van der Waals surface area contributed by atoms with Gasteiger partial charge in [0.25, 0.3) is 0 Å². The molecule has 1 N–H and O–H groups in total. The third kappa shape index (κ3) is 3.09. The Balaban J connectivity index is 2.22. The number of hydrogen-bond donors (Lipinski definition) is 1. The summed E-state index contributed by atoms with van der Waals surface area (Å²) in [6.07, 6.45) is 1.80. The fourth-order valence-corrected chi connectivity index (χ4v) is 1.83. The van der Waals surface area contributed by atoms with Crippen LogP contribution >= 0.6 is 0 Å². The average molecular weight is 259 g/mol. The third-order valence-electron chi connectivity index (χ3n) is 3.23. The highest BCUT2D eigenvalue weighted by atomic mass is 19.1. The first-order chi connectivity index (χ1) is 9.11. The third-order valence-corrected chi connectivity index (χ3v) is 3.23. The molecule has 0 radical (unpaired) electrons. The molecule has 2 rings (SSSR count). The van der Waals surface area contributed by atoms with Crippen LogP contribution in [-0.4, -0.2) is 19.1 Å². The van der Waals surface area contributed by atoms with Crippen LogP contribution < -0.4 is 10.2 Å². The zero-order chi connectivity index (χ0) is 13.8. The van der Waals surface area contributed by atoms with Crippen LogP contribution in [0.15, 0.2) is 42.6 Å². The van der Waals surface area contributed by atoms with E-state index in [1.165, 1.54) is 12.1 Å². The normalized spacial score (nSPS) is 12.2. The Morgan fingerprint density at radius 2 is 2.00 bits per heavy atom. The molecular weight excluding hydrogens is 241 g/mol. The molecule has 1 heterocycles. The predicted molar refractivity (Wildman–Crippen MR) is 76.2 cm³/mol. The van der Waals surface area contributed by atoms with Crippen molar-refractivity contribution in [2.75, 3.05) is 19.0 Å². The molecule has 0 bridgehead atoms. The molecule has 1 unspecified atom stereocenters. The molecule has 1 aromatic heterocycles. The molecule has 4 heteroatoms. The second-order valence-corrected chi connectivity index (χ2v) is 4.49. The summed E-state index contributed by atoms with van der Waals surface area (Å²) in [5.74, 6) is -0.238. The highest BCUT2D eigenvalue weighted by molar-refractivity contribution is 5.61. The van der Waals surface area contributed by atoms with Crippen molar-refractivity contribution in [2.24, 2.45) is 0 Å². The first-order valence-corrected chi connectivity index (χ1v) is 6.24. The van der Waals surface area contributed by atoms with Gasteiger partial charge in [-0.25, -0.2) is 4.39 Å². The van der Waals surface area contributed by atoms with Crippen molar-refractivity contribution >= 4 is 11.4 Å². The van der Waals surface area contributed by atoms with Gasteiger partial charge in [-0.15, -0.1) is 0 Å².